The summed E-state index contributed by atoms with van der Waals surface area (Å²) in [6.07, 6.45) is -0.0918. The molecular weight excluding hydrogens is 439 g/mol. The Bertz CT molecular complexity index is 1190. The lowest BCUT2D eigenvalue weighted by atomic mass is 10.1. The smallest absolute Gasteiger partial charge is 0.326 e. The number of amides is 3. The molecule has 7 nitrogen and oxygen atoms in total. The zero-order chi connectivity index (χ0) is 22.4. The van der Waals surface area contributed by atoms with Crippen LogP contribution in [0.15, 0.2) is 65.8 Å². The maximum atomic E-state index is 12.2. The standard InChI is InChI=1S/C22H18Cl2N4O3/c1-13(11-20(29)25-15-9-10-17(23)18(24)12-15)27-28-22(31)21(30)26-19-8-4-6-14-5-2-3-7-16(14)19/h2-10,12H,11H2,1H3,(H,25,29)(H,26,30)(H,28,31)/b27-13-. The molecule has 0 aliphatic rings. The van der Waals surface area contributed by atoms with Crippen molar-refractivity contribution in [3.05, 3.63) is 70.7 Å². The van der Waals surface area contributed by atoms with Crippen LogP contribution >= 0.6 is 23.2 Å². The average Bonchev–Trinajstić information content (AvgIpc) is 2.74. The van der Waals surface area contributed by atoms with E-state index < -0.39 is 11.8 Å². The zero-order valence-electron chi connectivity index (χ0n) is 16.4. The molecule has 0 aliphatic heterocycles. The van der Waals surface area contributed by atoms with Crippen molar-refractivity contribution in [2.75, 3.05) is 10.6 Å². The molecule has 0 aromatic heterocycles. The van der Waals surface area contributed by atoms with E-state index in [1.54, 1.807) is 31.2 Å². The van der Waals surface area contributed by atoms with Gasteiger partial charge in [-0.05, 0) is 36.6 Å². The first kappa shape index (κ1) is 22.3. The molecule has 0 saturated carbocycles. The lowest BCUT2D eigenvalue weighted by Gasteiger charge is -2.08. The molecular formula is C22H18Cl2N4O3. The van der Waals surface area contributed by atoms with Crippen molar-refractivity contribution in [3.8, 4) is 0 Å². The van der Waals surface area contributed by atoms with Gasteiger partial charge in [0.25, 0.3) is 0 Å². The summed E-state index contributed by atoms with van der Waals surface area (Å²) in [4.78, 5) is 36.4. The molecule has 0 fully saturated rings. The molecule has 3 aromatic rings. The molecule has 3 N–H and O–H groups in total. The van der Waals surface area contributed by atoms with E-state index >= 15 is 0 Å². The Kier molecular flexibility index (Phi) is 7.23. The number of hydrogen-bond donors (Lipinski definition) is 3. The van der Waals surface area contributed by atoms with Crippen LogP contribution in [0.1, 0.15) is 13.3 Å². The molecule has 158 valence electrons. The molecule has 0 atom stereocenters. The quantitative estimate of drug-likeness (QED) is 0.297. The normalized spacial score (nSPS) is 11.1. The highest BCUT2D eigenvalue weighted by molar-refractivity contribution is 6.42. The van der Waals surface area contributed by atoms with Crippen molar-refractivity contribution in [2.45, 2.75) is 13.3 Å². The van der Waals surface area contributed by atoms with E-state index in [0.717, 1.165) is 10.8 Å². The lowest BCUT2D eigenvalue weighted by molar-refractivity contribution is -0.136. The topological polar surface area (TPSA) is 99.7 Å². The molecule has 3 rings (SSSR count). The summed E-state index contributed by atoms with van der Waals surface area (Å²) in [5, 5.41) is 11.5. The monoisotopic (exact) mass is 456 g/mol. The van der Waals surface area contributed by atoms with Gasteiger partial charge in [0.2, 0.25) is 5.91 Å². The maximum absolute atomic E-state index is 12.2. The summed E-state index contributed by atoms with van der Waals surface area (Å²) >= 11 is 11.8. The highest BCUT2D eigenvalue weighted by Crippen LogP contribution is 2.25. The summed E-state index contributed by atoms with van der Waals surface area (Å²) in [7, 11) is 0. The summed E-state index contributed by atoms with van der Waals surface area (Å²) < 4.78 is 0. The summed E-state index contributed by atoms with van der Waals surface area (Å²) in [6.45, 7) is 1.55. The van der Waals surface area contributed by atoms with Gasteiger partial charge in [-0.3, -0.25) is 14.4 Å². The minimum atomic E-state index is -0.947. The molecule has 0 radical (unpaired) electrons. The predicted octanol–water partition coefficient (Wildman–Crippen LogP) is 4.61. The SMILES string of the molecule is C/C(CC(=O)Nc1ccc(Cl)c(Cl)c1)=N/NC(=O)C(=O)Nc1cccc2ccccc12. The van der Waals surface area contributed by atoms with Gasteiger partial charge in [-0.25, -0.2) is 5.43 Å². The average molecular weight is 457 g/mol. The predicted molar refractivity (Wildman–Crippen MR) is 124 cm³/mol. The van der Waals surface area contributed by atoms with Crippen LogP contribution in [0, 0.1) is 0 Å². The second-order valence-corrected chi connectivity index (χ2v) is 7.44. The van der Waals surface area contributed by atoms with E-state index in [0.29, 0.717) is 27.1 Å². The van der Waals surface area contributed by atoms with Crippen molar-refractivity contribution in [2.24, 2.45) is 5.10 Å². The number of carbonyl (C=O) groups excluding carboxylic acids is 3. The van der Waals surface area contributed by atoms with Crippen molar-refractivity contribution in [1.29, 1.82) is 0 Å². The fourth-order valence-corrected chi connectivity index (χ4v) is 3.06. The van der Waals surface area contributed by atoms with Crippen LogP contribution in [0.3, 0.4) is 0 Å². The third kappa shape index (κ3) is 6.04. The summed E-state index contributed by atoms with van der Waals surface area (Å²) in [6, 6.07) is 17.6. The number of fused-ring (bicyclic) bond motifs is 1. The number of hydrazone groups is 1. The molecule has 0 spiro atoms. The molecule has 9 heteroatoms. The van der Waals surface area contributed by atoms with Crippen LogP contribution in [-0.2, 0) is 14.4 Å². The fourth-order valence-electron chi connectivity index (χ4n) is 2.76. The van der Waals surface area contributed by atoms with Crippen molar-refractivity contribution >= 4 is 68.8 Å². The van der Waals surface area contributed by atoms with Gasteiger partial charge in [-0.15, -0.1) is 0 Å². The number of hydrogen-bond acceptors (Lipinski definition) is 4. The van der Waals surface area contributed by atoms with E-state index in [-0.39, 0.29) is 12.3 Å². The van der Waals surface area contributed by atoms with Crippen LogP contribution in [0.5, 0.6) is 0 Å². The minimum Gasteiger partial charge on any atom is -0.326 e. The van der Waals surface area contributed by atoms with Gasteiger partial charge in [0.05, 0.1) is 16.5 Å². The van der Waals surface area contributed by atoms with Gasteiger partial charge in [0, 0.05) is 22.5 Å². The van der Waals surface area contributed by atoms with E-state index in [9.17, 15) is 14.4 Å². The Morgan fingerprint density at radius 1 is 0.871 bits per heavy atom. The summed E-state index contributed by atoms with van der Waals surface area (Å²) in [5.41, 5.74) is 3.46. The number of nitrogens with zero attached hydrogens (tertiary/aromatic N) is 1. The Morgan fingerprint density at radius 3 is 2.39 bits per heavy atom. The molecule has 3 aromatic carbocycles. The number of nitrogens with one attached hydrogen (secondary N) is 3. The van der Waals surface area contributed by atoms with Crippen LogP contribution in [0.25, 0.3) is 10.8 Å². The van der Waals surface area contributed by atoms with Gasteiger partial charge in [0.1, 0.15) is 0 Å². The maximum Gasteiger partial charge on any atom is 0.329 e. The van der Waals surface area contributed by atoms with Crippen LogP contribution in [-0.4, -0.2) is 23.4 Å². The van der Waals surface area contributed by atoms with Crippen LogP contribution < -0.4 is 16.1 Å². The Labute approximate surface area is 188 Å². The van der Waals surface area contributed by atoms with E-state index in [1.165, 1.54) is 6.07 Å². The second kappa shape index (κ2) is 10.1. The Morgan fingerprint density at radius 2 is 1.61 bits per heavy atom. The van der Waals surface area contributed by atoms with Crippen LogP contribution in [0.4, 0.5) is 11.4 Å². The number of benzene rings is 3. The first-order valence-electron chi connectivity index (χ1n) is 9.20. The van der Waals surface area contributed by atoms with Gasteiger partial charge >= 0.3 is 11.8 Å². The van der Waals surface area contributed by atoms with Gasteiger partial charge in [0.15, 0.2) is 0 Å². The molecule has 31 heavy (non-hydrogen) atoms. The third-order valence-corrected chi connectivity index (χ3v) is 4.95. The highest BCUT2D eigenvalue weighted by atomic mass is 35.5. The Balaban J connectivity index is 1.55. The van der Waals surface area contributed by atoms with Gasteiger partial charge in [-0.1, -0.05) is 59.6 Å². The lowest BCUT2D eigenvalue weighted by Crippen LogP contribution is -2.33. The molecule has 0 saturated heterocycles. The van der Waals surface area contributed by atoms with Gasteiger partial charge in [-0.2, -0.15) is 5.10 Å². The number of carbonyl (C=O) groups is 3. The van der Waals surface area contributed by atoms with E-state index in [1.807, 2.05) is 30.3 Å². The molecule has 0 unspecified atom stereocenters. The van der Waals surface area contributed by atoms with Crippen LogP contribution in [0.2, 0.25) is 10.0 Å². The number of halogens is 2. The van der Waals surface area contributed by atoms with E-state index in [4.69, 9.17) is 23.2 Å². The fraction of sp³-hybridized carbons (Fsp3) is 0.0909. The minimum absolute atomic E-state index is 0.0918. The molecule has 0 aliphatic carbocycles. The number of anilines is 2. The second-order valence-electron chi connectivity index (χ2n) is 6.62. The largest absolute Gasteiger partial charge is 0.329 e. The molecule has 3 amide bonds. The third-order valence-electron chi connectivity index (χ3n) is 4.21. The van der Waals surface area contributed by atoms with Crippen molar-refractivity contribution < 1.29 is 14.4 Å². The molecule has 0 heterocycles. The van der Waals surface area contributed by atoms with Gasteiger partial charge < -0.3 is 10.6 Å². The first-order valence-corrected chi connectivity index (χ1v) is 9.96. The first-order chi connectivity index (χ1) is 14.8. The Hall–Kier alpha value is -3.42. The summed E-state index contributed by atoms with van der Waals surface area (Å²) in [5.74, 6) is -2.18. The van der Waals surface area contributed by atoms with Crippen molar-refractivity contribution in [1.82, 2.24) is 5.43 Å². The zero-order valence-corrected chi connectivity index (χ0v) is 17.9. The number of rotatable bonds is 5. The molecule has 0 bridgehead atoms. The van der Waals surface area contributed by atoms with E-state index in [2.05, 4.69) is 21.2 Å². The highest BCUT2D eigenvalue weighted by Gasteiger charge is 2.15. The van der Waals surface area contributed by atoms with Crippen molar-refractivity contribution in [3.63, 3.8) is 0 Å².